The summed E-state index contributed by atoms with van der Waals surface area (Å²) >= 11 is 0. The maximum atomic E-state index is 12.9. The molecule has 1 aromatic rings. The standard InChI is InChI=1S/C14H21FN2O6S2/c1-11(14(18)19)10-17(3)24(20,21)9-8-16(2)25(22,23)13-6-4-12(15)5-7-13/h4-7,11H,8-10H2,1-3H3,(H,18,19). The number of carboxylic acids is 1. The summed E-state index contributed by atoms with van der Waals surface area (Å²) in [5.74, 6) is -3.11. The quantitative estimate of drug-likeness (QED) is 0.648. The number of rotatable bonds is 9. The summed E-state index contributed by atoms with van der Waals surface area (Å²) in [7, 11) is -5.32. The molecule has 0 aromatic heterocycles. The van der Waals surface area contributed by atoms with Crippen LogP contribution >= 0.6 is 0 Å². The Morgan fingerprint density at radius 2 is 1.64 bits per heavy atom. The van der Waals surface area contributed by atoms with Crippen LogP contribution in [0, 0.1) is 11.7 Å². The molecule has 1 rings (SSSR count). The van der Waals surface area contributed by atoms with E-state index in [0.29, 0.717) is 0 Å². The second-order valence-corrected chi connectivity index (χ2v) is 9.86. The second-order valence-electron chi connectivity index (χ2n) is 5.62. The van der Waals surface area contributed by atoms with E-state index in [0.717, 1.165) is 32.9 Å². The molecule has 0 bridgehead atoms. The molecule has 0 aliphatic heterocycles. The maximum absolute atomic E-state index is 12.9. The molecule has 25 heavy (non-hydrogen) atoms. The van der Waals surface area contributed by atoms with E-state index >= 15 is 0 Å². The first-order valence-electron chi connectivity index (χ1n) is 7.26. The molecule has 1 N–H and O–H groups in total. The third-order valence-electron chi connectivity index (χ3n) is 3.61. The Balaban J connectivity index is 2.78. The molecule has 1 aromatic carbocycles. The van der Waals surface area contributed by atoms with Gasteiger partial charge in [0, 0.05) is 27.2 Å². The number of aliphatic carboxylic acids is 1. The molecule has 0 heterocycles. The summed E-state index contributed by atoms with van der Waals surface area (Å²) in [5.41, 5.74) is 0. The van der Waals surface area contributed by atoms with Crippen molar-refractivity contribution in [3.8, 4) is 0 Å². The molecule has 0 fully saturated rings. The van der Waals surface area contributed by atoms with Gasteiger partial charge in [0.05, 0.1) is 16.6 Å². The number of nitrogens with zero attached hydrogens (tertiary/aromatic N) is 2. The van der Waals surface area contributed by atoms with Crippen molar-refractivity contribution in [1.29, 1.82) is 0 Å². The fourth-order valence-corrected chi connectivity index (χ4v) is 4.44. The molecule has 0 radical (unpaired) electrons. The van der Waals surface area contributed by atoms with Crippen LogP contribution in [-0.4, -0.2) is 69.5 Å². The lowest BCUT2D eigenvalue weighted by atomic mass is 10.2. The minimum atomic E-state index is -3.95. The normalized spacial score (nSPS) is 14.0. The first kappa shape index (κ1) is 21.5. The average molecular weight is 396 g/mol. The van der Waals surface area contributed by atoms with Crippen molar-refractivity contribution in [2.75, 3.05) is 32.9 Å². The molecule has 8 nitrogen and oxygen atoms in total. The zero-order valence-corrected chi connectivity index (χ0v) is 15.7. The topological polar surface area (TPSA) is 112 Å². The Kier molecular flexibility index (Phi) is 7.06. The Morgan fingerprint density at radius 1 is 1.12 bits per heavy atom. The Morgan fingerprint density at radius 3 is 2.12 bits per heavy atom. The van der Waals surface area contributed by atoms with Crippen LogP contribution < -0.4 is 0 Å². The van der Waals surface area contributed by atoms with E-state index in [1.165, 1.54) is 21.0 Å². The molecule has 0 saturated carbocycles. The van der Waals surface area contributed by atoms with Gasteiger partial charge >= 0.3 is 5.97 Å². The monoisotopic (exact) mass is 396 g/mol. The van der Waals surface area contributed by atoms with Crippen LogP contribution in [0.1, 0.15) is 6.92 Å². The third kappa shape index (κ3) is 5.73. The number of carbonyl (C=O) groups is 1. The highest BCUT2D eigenvalue weighted by Gasteiger charge is 2.26. The van der Waals surface area contributed by atoms with Gasteiger partial charge in [0.25, 0.3) is 0 Å². The van der Waals surface area contributed by atoms with Gasteiger partial charge in [0.15, 0.2) is 0 Å². The van der Waals surface area contributed by atoms with Gasteiger partial charge in [0.1, 0.15) is 5.82 Å². The van der Waals surface area contributed by atoms with E-state index in [9.17, 15) is 26.0 Å². The van der Waals surface area contributed by atoms with Crippen molar-refractivity contribution in [3.63, 3.8) is 0 Å². The summed E-state index contributed by atoms with van der Waals surface area (Å²) in [5, 5.41) is 8.83. The molecule has 1 atom stereocenters. The summed E-state index contributed by atoms with van der Waals surface area (Å²) in [6.45, 7) is 0.833. The smallest absolute Gasteiger partial charge is 0.307 e. The van der Waals surface area contributed by atoms with E-state index in [-0.39, 0.29) is 18.0 Å². The van der Waals surface area contributed by atoms with Crippen molar-refractivity contribution < 1.29 is 31.1 Å². The second kappa shape index (κ2) is 8.21. The predicted octanol–water partition coefficient (Wildman–Crippen LogP) is 0.429. The van der Waals surface area contributed by atoms with Gasteiger partial charge in [-0.2, -0.15) is 4.31 Å². The molecule has 0 amide bonds. The molecule has 0 aliphatic carbocycles. The number of hydrogen-bond acceptors (Lipinski definition) is 5. The summed E-state index contributed by atoms with van der Waals surface area (Å²) in [6.07, 6.45) is 0. The third-order valence-corrected chi connectivity index (χ3v) is 7.28. The SMILES string of the molecule is CC(CN(C)S(=O)(=O)CCN(C)S(=O)(=O)c1ccc(F)cc1)C(=O)O. The van der Waals surface area contributed by atoms with E-state index < -0.39 is 43.5 Å². The molecule has 11 heteroatoms. The summed E-state index contributed by atoms with van der Waals surface area (Å²) in [6, 6.07) is 4.18. The number of hydrogen-bond donors (Lipinski definition) is 1. The minimum Gasteiger partial charge on any atom is -0.481 e. The highest BCUT2D eigenvalue weighted by molar-refractivity contribution is 7.90. The van der Waals surface area contributed by atoms with Gasteiger partial charge in [-0.1, -0.05) is 6.92 Å². The molecule has 0 spiro atoms. The van der Waals surface area contributed by atoms with Crippen LogP contribution in [0.15, 0.2) is 29.2 Å². The molecule has 1 unspecified atom stereocenters. The van der Waals surface area contributed by atoms with Gasteiger partial charge in [-0.3, -0.25) is 4.79 Å². The van der Waals surface area contributed by atoms with Gasteiger partial charge < -0.3 is 5.11 Å². The van der Waals surface area contributed by atoms with Gasteiger partial charge in [-0.15, -0.1) is 0 Å². The predicted molar refractivity (Wildman–Crippen MR) is 89.4 cm³/mol. The van der Waals surface area contributed by atoms with Crippen LogP contribution in [-0.2, 0) is 24.8 Å². The number of halogens is 1. The zero-order chi connectivity index (χ0) is 19.4. The Labute approximate surface area is 147 Å². The molecular formula is C14H21FN2O6S2. The van der Waals surface area contributed by atoms with Crippen molar-refractivity contribution in [2.24, 2.45) is 5.92 Å². The first-order valence-corrected chi connectivity index (χ1v) is 10.3. The van der Waals surface area contributed by atoms with Crippen LogP contribution in [0.5, 0.6) is 0 Å². The van der Waals surface area contributed by atoms with Crippen LogP contribution in [0.3, 0.4) is 0 Å². The van der Waals surface area contributed by atoms with Crippen LogP contribution in [0.25, 0.3) is 0 Å². The Bertz CT molecular complexity index is 808. The van der Waals surface area contributed by atoms with Gasteiger partial charge in [0.2, 0.25) is 20.0 Å². The molecule has 0 aliphatic rings. The number of carboxylic acid groups (broad SMARTS) is 1. The summed E-state index contributed by atoms with van der Waals surface area (Å²) in [4.78, 5) is 10.7. The van der Waals surface area contributed by atoms with Crippen molar-refractivity contribution in [2.45, 2.75) is 11.8 Å². The van der Waals surface area contributed by atoms with E-state index in [4.69, 9.17) is 5.11 Å². The van der Waals surface area contributed by atoms with E-state index in [1.807, 2.05) is 0 Å². The minimum absolute atomic E-state index is 0.151. The Hall–Kier alpha value is -1.56. The lowest BCUT2D eigenvalue weighted by Crippen LogP contribution is -2.39. The van der Waals surface area contributed by atoms with Gasteiger partial charge in [-0.05, 0) is 24.3 Å². The van der Waals surface area contributed by atoms with Crippen LogP contribution in [0.4, 0.5) is 4.39 Å². The fraction of sp³-hybridized carbons (Fsp3) is 0.500. The largest absolute Gasteiger partial charge is 0.481 e. The zero-order valence-electron chi connectivity index (χ0n) is 14.1. The van der Waals surface area contributed by atoms with E-state index in [2.05, 4.69) is 0 Å². The fourth-order valence-electron chi connectivity index (χ4n) is 1.88. The van der Waals surface area contributed by atoms with Crippen molar-refractivity contribution in [3.05, 3.63) is 30.1 Å². The van der Waals surface area contributed by atoms with Gasteiger partial charge in [-0.25, -0.2) is 25.5 Å². The van der Waals surface area contributed by atoms with Crippen molar-refractivity contribution >= 4 is 26.0 Å². The van der Waals surface area contributed by atoms with Crippen molar-refractivity contribution in [1.82, 2.24) is 8.61 Å². The summed E-state index contributed by atoms with van der Waals surface area (Å²) < 4.78 is 63.6. The first-order chi connectivity index (χ1) is 11.4. The lowest BCUT2D eigenvalue weighted by Gasteiger charge is -2.22. The molecular weight excluding hydrogens is 375 g/mol. The number of benzene rings is 1. The average Bonchev–Trinajstić information content (AvgIpc) is 2.52. The highest BCUT2D eigenvalue weighted by atomic mass is 32.2. The molecule has 0 saturated heterocycles. The maximum Gasteiger partial charge on any atom is 0.307 e. The molecule has 142 valence electrons. The van der Waals surface area contributed by atoms with Crippen LogP contribution in [0.2, 0.25) is 0 Å². The number of sulfonamides is 2. The van der Waals surface area contributed by atoms with E-state index in [1.54, 1.807) is 0 Å². The lowest BCUT2D eigenvalue weighted by molar-refractivity contribution is -0.141. The highest BCUT2D eigenvalue weighted by Crippen LogP contribution is 2.15.